The average Bonchev–Trinajstić information content (AvgIpc) is 3.11. The Morgan fingerprint density at radius 3 is 2.26 bits per heavy atom. The number of carbonyl (C=O) groups excluding carboxylic acids is 4. The zero-order chi connectivity index (χ0) is 19.6. The minimum absolute atomic E-state index is 0.0301. The van der Waals surface area contributed by atoms with E-state index >= 15 is 0 Å². The largest absolute Gasteiger partial charge is 0.457 e. The van der Waals surface area contributed by atoms with Gasteiger partial charge in [-0.1, -0.05) is 12.1 Å². The van der Waals surface area contributed by atoms with Gasteiger partial charge in [-0.15, -0.1) is 11.3 Å². The first kappa shape index (κ1) is 19.0. The van der Waals surface area contributed by atoms with E-state index in [0.717, 1.165) is 14.7 Å². The van der Waals surface area contributed by atoms with E-state index < -0.39 is 5.97 Å². The normalized spacial score (nSPS) is 13.0. The van der Waals surface area contributed by atoms with Crippen molar-refractivity contribution in [3.05, 3.63) is 56.8 Å². The van der Waals surface area contributed by atoms with Crippen molar-refractivity contribution in [2.45, 2.75) is 26.7 Å². The zero-order valence-corrected chi connectivity index (χ0v) is 15.9. The first-order chi connectivity index (χ1) is 12.9. The van der Waals surface area contributed by atoms with Crippen LogP contribution in [0.4, 0.5) is 0 Å². The monoisotopic (exact) mass is 385 g/mol. The van der Waals surface area contributed by atoms with Crippen LogP contribution in [-0.2, 0) is 9.53 Å². The van der Waals surface area contributed by atoms with Gasteiger partial charge in [-0.25, -0.2) is 0 Å². The zero-order valence-electron chi connectivity index (χ0n) is 15.1. The van der Waals surface area contributed by atoms with Crippen molar-refractivity contribution in [1.29, 1.82) is 0 Å². The number of aryl methyl sites for hydroxylation is 2. The fraction of sp³-hybridized carbons (Fsp3) is 0.300. The number of imide groups is 1. The molecule has 0 bridgehead atoms. The molecule has 3 rings (SSSR count). The summed E-state index contributed by atoms with van der Waals surface area (Å²) in [5.74, 6) is -1.44. The van der Waals surface area contributed by atoms with Gasteiger partial charge in [0, 0.05) is 28.3 Å². The lowest BCUT2D eigenvalue weighted by Crippen LogP contribution is -2.31. The summed E-state index contributed by atoms with van der Waals surface area (Å²) in [6.45, 7) is 3.61. The van der Waals surface area contributed by atoms with Gasteiger partial charge in [-0.2, -0.15) is 0 Å². The summed E-state index contributed by atoms with van der Waals surface area (Å²) in [5, 5.41) is 0. The fourth-order valence-electron chi connectivity index (χ4n) is 3.03. The predicted molar refractivity (Wildman–Crippen MR) is 100 cm³/mol. The quantitative estimate of drug-likeness (QED) is 0.415. The van der Waals surface area contributed by atoms with Gasteiger partial charge in [0.05, 0.1) is 11.1 Å². The maximum atomic E-state index is 12.2. The second-order valence-electron chi connectivity index (χ2n) is 6.32. The highest BCUT2D eigenvalue weighted by Crippen LogP contribution is 2.23. The Labute approximate surface area is 160 Å². The van der Waals surface area contributed by atoms with Crippen molar-refractivity contribution >= 4 is 34.9 Å². The van der Waals surface area contributed by atoms with Crippen molar-refractivity contribution in [2.75, 3.05) is 13.2 Å². The number of hydrogen-bond acceptors (Lipinski definition) is 6. The molecule has 140 valence electrons. The number of carbonyl (C=O) groups is 4. The molecule has 0 saturated heterocycles. The molecule has 1 aromatic heterocycles. The van der Waals surface area contributed by atoms with Gasteiger partial charge < -0.3 is 4.74 Å². The summed E-state index contributed by atoms with van der Waals surface area (Å²) in [5.41, 5.74) is 1.35. The summed E-state index contributed by atoms with van der Waals surface area (Å²) >= 11 is 1.52. The van der Waals surface area contributed by atoms with Crippen LogP contribution in [-0.4, -0.2) is 41.6 Å². The van der Waals surface area contributed by atoms with Crippen LogP contribution in [0.25, 0.3) is 0 Å². The van der Waals surface area contributed by atoms with E-state index in [9.17, 15) is 19.2 Å². The SMILES string of the molecule is Cc1cc(C(=O)COC(=O)CCCN2C(=O)c3ccccc3C2=O)c(C)s1. The number of amides is 2. The maximum Gasteiger partial charge on any atom is 0.306 e. The third kappa shape index (κ3) is 3.98. The van der Waals surface area contributed by atoms with Crippen LogP contribution in [0.5, 0.6) is 0 Å². The van der Waals surface area contributed by atoms with E-state index in [4.69, 9.17) is 4.74 Å². The molecule has 0 fully saturated rings. The highest BCUT2D eigenvalue weighted by atomic mass is 32.1. The Balaban J connectivity index is 1.45. The number of ether oxygens (including phenoxy) is 1. The van der Waals surface area contributed by atoms with E-state index in [1.54, 1.807) is 30.3 Å². The van der Waals surface area contributed by atoms with Gasteiger partial charge in [0.15, 0.2) is 6.61 Å². The lowest BCUT2D eigenvalue weighted by atomic mass is 10.1. The second-order valence-corrected chi connectivity index (χ2v) is 7.78. The van der Waals surface area contributed by atoms with Crippen molar-refractivity contribution in [1.82, 2.24) is 4.90 Å². The summed E-state index contributed by atoms with van der Waals surface area (Å²) in [7, 11) is 0. The highest BCUT2D eigenvalue weighted by Gasteiger charge is 2.34. The van der Waals surface area contributed by atoms with Crippen LogP contribution < -0.4 is 0 Å². The Hall–Kier alpha value is -2.80. The highest BCUT2D eigenvalue weighted by molar-refractivity contribution is 7.12. The molecule has 0 N–H and O–H groups in total. The summed E-state index contributed by atoms with van der Waals surface area (Å²) in [6.07, 6.45) is 0.317. The van der Waals surface area contributed by atoms with E-state index in [-0.39, 0.29) is 43.6 Å². The van der Waals surface area contributed by atoms with E-state index in [1.165, 1.54) is 11.3 Å². The van der Waals surface area contributed by atoms with Gasteiger partial charge in [0.25, 0.3) is 11.8 Å². The van der Waals surface area contributed by atoms with E-state index in [1.807, 2.05) is 13.8 Å². The van der Waals surface area contributed by atoms with Gasteiger partial charge in [-0.3, -0.25) is 24.1 Å². The molecule has 6 nitrogen and oxygen atoms in total. The Bertz CT molecular complexity index is 895. The Kier molecular flexibility index (Phi) is 5.51. The van der Waals surface area contributed by atoms with Gasteiger partial charge in [-0.05, 0) is 38.5 Å². The standard InChI is InChI=1S/C20H19NO5S/c1-12-10-16(13(2)27-12)17(22)11-26-18(23)8-5-9-21-19(24)14-6-3-4-7-15(14)20(21)25/h3-4,6-7,10H,5,8-9,11H2,1-2H3. The van der Waals surface area contributed by atoms with Crippen LogP contribution in [0.1, 0.15) is 53.7 Å². The first-order valence-corrected chi connectivity index (χ1v) is 9.41. The van der Waals surface area contributed by atoms with E-state index in [2.05, 4.69) is 0 Å². The van der Waals surface area contributed by atoms with Gasteiger partial charge >= 0.3 is 5.97 Å². The number of benzene rings is 1. The molecule has 0 aliphatic carbocycles. The molecular weight excluding hydrogens is 366 g/mol. The molecule has 0 saturated carbocycles. The third-order valence-corrected chi connectivity index (χ3v) is 5.31. The molecule has 0 atom stereocenters. The number of esters is 1. The van der Waals surface area contributed by atoms with Crippen LogP contribution in [0.2, 0.25) is 0 Å². The molecule has 2 amide bonds. The second kappa shape index (κ2) is 7.84. The minimum Gasteiger partial charge on any atom is -0.457 e. The summed E-state index contributed by atoms with van der Waals surface area (Å²) < 4.78 is 5.03. The first-order valence-electron chi connectivity index (χ1n) is 8.59. The molecule has 1 aliphatic rings. The van der Waals surface area contributed by atoms with Gasteiger partial charge in [0.1, 0.15) is 0 Å². The molecule has 0 radical (unpaired) electrons. The third-order valence-electron chi connectivity index (χ3n) is 4.35. The van der Waals surface area contributed by atoms with Crippen molar-refractivity contribution < 1.29 is 23.9 Å². The fourth-order valence-corrected chi connectivity index (χ4v) is 3.97. The molecule has 2 aromatic rings. The smallest absolute Gasteiger partial charge is 0.306 e. The minimum atomic E-state index is -0.524. The Morgan fingerprint density at radius 1 is 1.07 bits per heavy atom. The number of ketones is 1. The lowest BCUT2D eigenvalue weighted by molar-refractivity contribution is -0.142. The molecule has 27 heavy (non-hydrogen) atoms. The molecule has 1 aliphatic heterocycles. The summed E-state index contributed by atoms with van der Waals surface area (Å²) in [6, 6.07) is 8.43. The van der Waals surface area contributed by atoms with E-state index in [0.29, 0.717) is 16.7 Å². The predicted octanol–water partition coefficient (Wildman–Crippen LogP) is 3.17. The number of thiophene rings is 1. The lowest BCUT2D eigenvalue weighted by Gasteiger charge is -2.13. The van der Waals surface area contributed by atoms with Gasteiger partial charge in [0.2, 0.25) is 5.78 Å². The summed E-state index contributed by atoms with van der Waals surface area (Å²) in [4.78, 5) is 51.5. The molecule has 0 spiro atoms. The number of Topliss-reactive ketones (excluding diaryl/α,β-unsaturated/α-hetero) is 1. The molecule has 1 aromatic carbocycles. The number of fused-ring (bicyclic) bond motifs is 1. The van der Waals surface area contributed by atoms with Crippen LogP contribution in [0.15, 0.2) is 30.3 Å². The van der Waals surface area contributed by atoms with Crippen molar-refractivity contribution in [2.24, 2.45) is 0 Å². The van der Waals surface area contributed by atoms with Crippen LogP contribution in [0.3, 0.4) is 0 Å². The molecule has 2 heterocycles. The molecule has 0 unspecified atom stereocenters. The van der Waals surface area contributed by atoms with Crippen LogP contribution >= 0.6 is 11.3 Å². The maximum absolute atomic E-state index is 12.2. The van der Waals surface area contributed by atoms with Crippen molar-refractivity contribution in [3.8, 4) is 0 Å². The molecular formula is C20H19NO5S. The van der Waals surface area contributed by atoms with Crippen LogP contribution in [0, 0.1) is 13.8 Å². The number of rotatable bonds is 7. The molecule has 7 heteroatoms. The van der Waals surface area contributed by atoms with Crippen molar-refractivity contribution in [3.63, 3.8) is 0 Å². The topological polar surface area (TPSA) is 80.8 Å². The number of hydrogen-bond donors (Lipinski definition) is 0. The average molecular weight is 385 g/mol. The Morgan fingerprint density at radius 2 is 1.70 bits per heavy atom. The number of nitrogens with zero attached hydrogens (tertiary/aromatic N) is 1.